The number of nitrogens with one attached hydrogen (secondary N) is 1. The van der Waals surface area contributed by atoms with Crippen molar-refractivity contribution in [3.8, 4) is 0 Å². The van der Waals surface area contributed by atoms with E-state index in [4.69, 9.17) is 0 Å². The van der Waals surface area contributed by atoms with Crippen LogP contribution in [0.1, 0.15) is 56.6 Å². The molecule has 1 atom stereocenters. The molecule has 0 bridgehead atoms. The molecular weight excluding hydrogens is 250 g/mol. The van der Waals surface area contributed by atoms with Gasteiger partial charge in [-0.05, 0) is 42.7 Å². The van der Waals surface area contributed by atoms with Crippen molar-refractivity contribution in [3.05, 3.63) is 35.4 Å². The minimum Gasteiger partial charge on any atom is -0.388 e. The van der Waals surface area contributed by atoms with Crippen molar-refractivity contribution in [1.29, 1.82) is 0 Å². The van der Waals surface area contributed by atoms with Gasteiger partial charge in [0.25, 0.3) is 0 Å². The Morgan fingerprint density at radius 2 is 2.05 bits per heavy atom. The van der Waals surface area contributed by atoms with Crippen molar-refractivity contribution in [3.63, 3.8) is 0 Å². The third-order valence-corrected chi connectivity index (χ3v) is 4.62. The zero-order valence-electron chi connectivity index (χ0n) is 12.5. The minimum atomic E-state index is -0.761. The summed E-state index contributed by atoms with van der Waals surface area (Å²) < 4.78 is 0. The van der Waals surface area contributed by atoms with Crippen LogP contribution in [0.2, 0.25) is 0 Å². The Hall–Kier alpha value is -1.35. The molecule has 0 radical (unpaired) electrons. The van der Waals surface area contributed by atoms with E-state index in [0.29, 0.717) is 31.7 Å². The number of fused-ring (bicyclic) bond motifs is 1. The summed E-state index contributed by atoms with van der Waals surface area (Å²) in [5.41, 5.74) is 1.94. The van der Waals surface area contributed by atoms with Gasteiger partial charge in [-0.2, -0.15) is 0 Å². The van der Waals surface area contributed by atoms with Crippen LogP contribution in [0.15, 0.2) is 24.3 Å². The van der Waals surface area contributed by atoms with Crippen LogP contribution < -0.4 is 5.32 Å². The van der Waals surface area contributed by atoms with Crippen LogP contribution in [0.4, 0.5) is 0 Å². The third-order valence-electron chi connectivity index (χ3n) is 4.62. The Morgan fingerprint density at radius 3 is 2.75 bits per heavy atom. The topological polar surface area (TPSA) is 49.3 Å². The van der Waals surface area contributed by atoms with Crippen LogP contribution in [0.5, 0.6) is 0 Å². The summed E-state index contributed by atoms with van der Waals surface area (Å²) in [5, 5.41) is 13.1. The van der Waals surface area contributed by atoms with Gasteiger partial charge in [0.1, 0.15) is 0 Å². The summed E-state index contributed by atoms with van der Waals surface area (Å²) in [7, 11) is 0. The fourth-order valence-corrected chi connectivity index (χ4v) is 2.92. The van der Waals surface area contributed by atoms with E-state index in [9.17, 15) is 9.90 Å². The molecule has 1 aromatic rings. The molecule has 1 aromatic carbocycles. The van der Waals surface area contributed by atoms with E-state index in [1.807, 2.05) is 19.9 Å². The molecule has 0 saturated heterocycles. The Labute approximate surface area is 121 Å². The van der Waals surface area contributed by atoms with Gasteiger partial charge in [0, 0.05) is 13.0 Å². The Bertz CT molecular complexity index is 466. The molecule has 20 heavy (non-hydrogen) atoms. The van der Waals surface area contributed by atoms with Gasteiger partial charge in [0.2, 0.25) is 5.91 Å². The second-order valence-electron chi connectivity index (χ2n) is 5.85. The van der Waals surface area contributed by atoms with Crippen LogP contribution in [0.25, 0.3) is 0 Å². The van der Waals surface area contributed by atoms with E-state index >= 15 is 0 Å². The molecule has 0 aromatic heterocycles. The van der Waals surface area contributed by atoms with E-state index in [1.165, 1.54) is 11.1 Å². The highest BCUT2D eigenvalue weighted by molar-refractivity contribution is 5.77. The van der Waals surface area contributed by atoms with Gasteiger partial charge >= 0.3 is 0 Å². The lowest BCUT2D eigenvalue weighted by Gasteiger charge is -2.25. The van der Waals surface area contributed by atoms with Crippen LogP contribution in [-0.2, 0) is 11.2 Å². The van der Waals surface area contributed by atoms with Gasteiger partial charge in [-0.25, -0.2) is 0 Å². The SMILES string of the molecule is CCC(O)(CC)CNC(=O)CC1CCc2ccccc21. The molecule has 3 nitrogen and oxygen atoms in total. The van der Waals surface area contributed by atoms with Crippen molar-refractivity contribution in [2.75, 3.05) is 6.54 Å². The molecule has 110 valence electrons. The van der Waals surface area contributed by atoms with Gasteiger partial charge in [-0.3, -0.25) is 4.79 Å². The summed E-state index contributed by atoms with van der Waals surface area (Å²) in [4.78, 5) is 12.1. The van der Waals surface area contributed by atoms with Crippen LogP contribution in [0, 0.1) is 0 Å². The normalized spacial score (nSPS) is 17.9. The third kappa shape index (κ3) is 3.40. The summed E-state index contributed by atoms with van der Waals surface area (Å²) in [6, 6.07) is 8.39. The fraction of sp³-hybridized carbons (Fsp3) is 0.588. The number of benzene rings is 1. The maximum atomic E-state index is 12.1. The zero-order valence-corrected chi connectivity index (χ0v) is 12.5. The molecule has 1 aliphatic rings. The van der Waals surface area contributed by atoms with Crippen molar-refractivity contribution < 1.29 is 9.90 Å². The second-order valence-corrected chi connectivity index (χ2v) is 5.85. The van der Waals surface area contributed by atoms with E-state index in [0.717, 1.165) is 12.8 Å². The molecule has 0 heterocycles. The van der Waals surface area contributed by atoms with E-state index in [-0.39, 0.29) is 5.91 Å². The molecule has 2 rings (SSSR count). The first kappa shape index (κ1) is 15.0. The molecular formula is C17H25NO2. The predicted octanol–water partition coefficient (Wildman–Crippen LogP) is 2.77. The number of aryl methyl sites for hydroxylation is 1. The Morgan fingerprint density at radius 1 is 1.35 bits per heavy atom. The van der Waals surface area contributed by atoms with Crippen molar-refractivity contribution in [2.24, 2.45) is 0 Å². The highest BCUT2D eigenvalue weighted by atomic mass is 16.3. The van der Waals surface area contributed by atoms with Crippen LogP contribution in [0.3, 0.4) is 0 Å². The summed E-state index contributed by atoms with van der Waals surface area (Å²) in [5.74, 6) is 0.384. The average molecular weight is 275 g/mol. The molecule has 0 aliphatic heterocycles. The average Bonchev–Trinajstić information content (AvgIpc) is 2.88. The lowest BCUT2D eigenvalue weighted by atomic mass is 9.96. The molecule has 0 spiro atoms. The monoisotopic (exact) mass is 275 g/mol. The molecule has 0 fully saturated rings. The molecule has 1 aliphatic carbocycles. The standard InChI is InChI=1S/C17H25NO2/c1-3-17(20,4-2)12-18-16(19)11-14-10-9-13-7-5-6-8-15(13)14/h5-8,14,20H,3-4,9-12H2,1-2H3,(H,18,19). The first-order chi connectivity index (χ1) is 9.58. The van der Waals surface area contributed by atoms with E-state index in [2.05, 4.69) is 23.5 Å². The number of aliphatic hydroxyl groups is 1. The van der Waals surface area contributed by atoms with Crippen molar-refractivity contribution in [1.82, 2.24) is 5.32 Å². The molecule has 2 N–H and O–H groups in total. The number of rotatable bonds is 6. The zero-order chi connectivity index (χ0) is 14.6. The number of hydrogen-bond acceptors (Lipinski definition) is 2. The van der Waals surface area contributed by atoms with Gasteiger partial charge in [0.05, 0.1) is 5.60 Å². The van der Waals surface area contributed by atoms with Crippen LogP contribution >= 0.6 is 0 Å². The minimum absolute atomic E-state index is 0.0482. The van der Waals surface area contributed by atoms with Crippen molar-refractivity contribution in [2.45, 2.75) is 57.5 Å². The van der Waals surface area contributed by atoms with Crippen molar-refractivity contribution >= 4 is 5.91 Å². The summed E-state index contributed by atoms with van der Waals surface area (Å²) in [6.45, 7) is 4.25. The first-order valence-electron chi connectivity index (χ1n) is 7.65. The highest BCUT2D eigenvalue weighted by Gasteiger charge is 2.26. The van der Waals surface area contributed by atoms with Gasteiger partial charge in [-0.15, -0.1) is 0 Å². The molecule has 1 amide bonds. The first-order valence-corrected chi connectivity index (χ1v) is 7.65. The Kier molecular flexibility index (Phi) is 4.81. The van der Waals surface area contributed by atoms with Gasteiger partial charge < -0.3 is 10.4 Å². The number of hydrogen-bond donors (Lipinski definition) is 2. The maximum Gasteiger partial charge on any atom is 0.220 e. The van der Waals surface area contributed by atoms with E-state index in [1.54, 1.807) is 0 Å². The van der Waals surface area contributed by atoms with Gasteiger partial charge in [0.15, 0.2) is 0 Å². The molecule has 0 saturated carbocycles. The predicted molar refractivity (Wildman–Crippen MR) is 80.7 cm³/mol. The fourth-order valence-electron chi connectivity index (χ4n) is 2.92. The molecule has 3 heteroatoms. The van der Waals surface area contributed by atoms with Crippen LogP contribution in [-0.4, -0.2) is 23.2 Å². The lowest BCUT2D eigenvalue weighted by Crippen LogP contribution is -2.42. The maximum absolute atomic E-state index is 12.1. The van der Waals surface area contributed by atoms with Gasteiger partial charge in [-0.1, -0.05) is 38.1 Å². The summed E-state index contributed by atoms with van der Waals surface area (Å²) >= 11 is 0. The quantitative estimate of drug-likeness (QED) is 0.838. The number of amides is 1. The van der Waals surface area contributed by atoms with E-state index < -0.39 is 5.60 Å². The number of carbonyl (C=O) groups is 1. The summed E-state index contributed by atoms with van der Waals surface area (Å²) in [6.07, 6.45) is 3.98. The lowest BCUT2D eigenvalue weighted by molar-refractivity contribution is -0.122. The molecule has 1 unspecified atom stereocenters. The smallest absolute Gasteiger partial charge is 0.220 e. The number of carbonyl (C=O) groups excluding carboxylic acids is 1. The highest BCUT2D eigenvalue weighted by Crippen LogP contribution is 2.35. The Balaban J connectivity index is 1.87. The largest absolute Gasteiger partial charge is 0.388 e. The second kappa shape index (κ2) is 6.40.